The first kappa shape index (κ1) is 65.3. The second-order valence-electron chi connectivity index (χ2n) is 13.2. The summed E-state index contributed by atoms with van der Waals surface area (Å²) in [6.07, 6.45) is 0. The summed E-state index contributed by atoms with van der Waals surface area (Å²) in [6.45, 7) is 0. The van der Waals surface area contributed by atoms with Gasteiger partial charge < -0.3 is 28.4 Å². The van der Waals surface area contributed by atoms with Crippen molar-refractivity contribution in [3.8, 4) is 0 Å². The zero-order chi connectivity index (χ0) is 58.3. The maximum Gasteiger partial charge on any atom is 3.00 e. The normalized spacial score (nSPS) is 11.8. The molecule has 0 heterocycles. The maximum atomic E-state index is 13.5. The molecule has 6 nitrogen and oxygen atoms in total. The second-order valence-corrected chi connectivity index (χ2v) is 19.2. The van der Waals surface area contributed by atoms with Gasteiger partial charge in [0, 0.05) is 0 Å². The summed E-state index contributed by atoms with van der Waals surface area (Å²) < 4.78 is 432. The fourth-order valence-electron chi connectivity index (χ4n) is 5.45. The van der Waals surface area contributed by atoms with Crippen LogP contribution in [0.5, 0.6) is 0 Å². The molecule has 40 heteroatoms. The van der Waals surface area contributed by atoms with E-state index in [2.05, 4.69) is 0 Å². The van der Waals surface area contributed by atoms with E-state index in [1.54, 1.807) is 0 Å². The van der Waals surface area contributed by atoms with Crippen molar-refractivity contribution < 1.29 is 197 Å². The average molecular weight is 1360 g/mol. The van der Waals surface area contributed by atoms with Crippen molar-refractivity contribution in [1.82, 2.24) is 0 Å². The van der Waals surface area contributed by atoms with Crippen LogP contribution in [-0.4, -0.2) is 0 Å². The maximum absolute atomic E-state index is 13.5. The molecule has 0 bridgehead atoms. The molecule has 0 aliphatic heterocycles. The van der Waals surface area contributed by atoms with Crippen LogP contribution in [0.25, 0.3) is 0 Å². The number of hydrogen-bond acceptors (Lipinski definition) is 6. The Morgan fingerprint density at radius 1 is 0.158 bits per heavy atom. The van der Waals surface area contributed by atoms with E-state index in [0.29, 0.717) is 0 Å². The quantitative estimate of drug-likeness (QED) is 0.0722. The third-order valence-corrected chi connectivity index (χ3v) is 14.8. The molecular formula is C36ErF30O6P3. The van der Waals surface area contributed by atoms with E-state index in [1.807, 2.05) is 0 Å². The van der Waals surface area contributed by atoms with Crippen molar-refractivity contribution in [2.45, 2.75) is 0 Å². The van der Waals surface area contributed by atoms with Crippen LogP contribution in [0.1, 0.15) is 0 Å². The fraction of sp³-hybridized carbons (Fsp3) is 0. The van der Waals surface area contributed by atoms with E-state index in [9.17, 15) is 160 Å². The summed E-state index contributed by atoms with van der Waals surface area (Å²) in [4.78, 5) is 35.7. The summed E-state index contributed by atoms with van der Waals surface area (Å²) in [7, 11) is -20.2. The van der Waals surface area contributed by atoms with Gasteiger partial charge in [-0.05, 0) is 0 Å². The summed E-state index contributed by atoms with van der Waals surface area (Å²) in [5.74, 6) is -86.7. The molecule has 76 heavy (non-hydrogen) atoms. The van der Waals surface area contributed by atoms with Crippen LogP contribution in [0.4, 0.5) is 132 Å². The van der Waals surface area contributed by atoms with E-state index >= 15 is 0 Å². The third kappa shape index (κ3) is 10.4. The fourth-order valence-corrected chi connectivity index (χ4v) is 10.4. The van der Waals surface area contributed by atoms with Gasteiger partial charge in [-0.15, -0.1) is 0 Å². The van der Waals surface area contributed by atoms with Gasteiger partial charge in [-0.2, -0.15) is 0 Å². The predicted octanol–water partition coefficient (Wildman–Crippen LogP) is 8.00. The molecule has 0 aliphatic rings. The van der Waals surface area contributed by atoms with Crippen LogP contribution in [0.3, 0.4) is 0 Å². The van der Waals surface area contributed by atoms with E-state index in [-0.39, 0.29) is 37.3 Å². The van der Waals surface area contributed by atoms with Crippen LogP contribution in [-0.2, 0) is 13.7 Å². The zero-order valence-electron chi connectivity index (χ0n) is 33.4. The molecule has 0 amide bonds. The summed E-state index contributed by atoms with van der Waals surface area (Å²) in [6, 6.07) is 0. The van der Waals surface area contributed by atoms with Crippen molar-refractivity contribution in [2.24, 2.45) is 0 Å². The molecule has 6 rings (SSSR count). The van der Waals surface area contributed by atoms with Crippen LogP contribution < -0.4 is 46.5 Å². The second kappa shape index (κ2) is 22.8. The first-order valence-corrected chi connectivity index (χ1v) is 22.0. The van der Waals surface area contributed by atoms with E-state index < -0.39 is 228 Å². The van der Waals surface area contributed by atoms with E-state index in [4.69, 9.17) is 0 Å². The van der Waals surface area contributed by atoms with Gasteiger partial charge in [-0.1, -0.05) is 0 Å². The number of benzene rings is 6. The minimum atomic E-state index is -6.74. The van der Waals surface area contributed by atoms with Gasteiger partial charge in [0.25, 0.3) is 0 Å². The Balaban J connectivity index is 0.000000298. The predicted molar refractivity (Wildman–Crippen MR) is 178 cm³/mol. The van der Waals surface area contributed by atoms with Gasteiger partial charge in [0.1, 0.15) is 0 Å². The average Bonchev–Trinajstić information content (AvgIpc) is 3.33. The number of halogens is 30. The Labute approximate surface area is 424 Å². The third-order valence-electron chi connectivity index (χ3n) is 8.89. The first-order valence-electron chi connectivity index (χ1n) is 17.1. The molecule has 417 valence electrons. The van der Waals surface area contributed by atoms with Crippen molar-refractivity contribution >= 4 is 53.9 Å². The monoisotopic (exact) mass is 1360 g/mol. The van der Waals surface area contributed by atoms with Crippen molar-refractivity contribution in [1.29, 1.82) is 0 Å². The molecule has 0 aromatic heterocycles. The topological polar surface area (TPSA) is 120 Å². The molecule has 6 aromatic carbocycles. The molecule has 1 radical (unpaired) electrons. The van der Waals surface area contributed by atoms with Gasteiger partial charge in [0.15, 0.2) is 140 Å². The number of hydrogen-bond donors (Lipinski definition) is 0. The van der Waals surface area contributed by atoms with Crippen LogP contribution in [0.15, 0.2) is 0 Å². The minimum absolute atomic E-state index is 0. The Kier molecular flexibility index (Phi) is 19.6. The molecule has 0 saturated heterocycles. The van der Waals surface area contributed by atoms with E-state index in [1.165, 1.54) is 0 Å². The van der Waals surface area contributed by atoms with Gasteiger partial charge in [-0.25, -0.2) is 132 Å². The molecule has 0 saturated carbocycles. The molecular weight excluding hydrogens is 1360 g/mol. The van der Waals surface area contributed by atoms with Crippen LogP contribution >= 0.6 is 22.1 Å². The molecule has 6 aromatic rings. The van der Waals surface area contributed by atoms with Gasteiger partial charge >= 0.3 is 37.3 Å². The molecule has 0 aliphatic carbocycles. The van der Waals surface area contributed by atoms with Crippen molar-refractivity contribution in [3.05, 3.63) is 175 Å². The summed E-state index contributed by atoms with van der Waals surface area (Å²) in [5.41, 5.74) is 0. The molecule has 0 fully saturated rings. The largest absolute Gasteiger partial charge is 3.00 e. The molecule has 0 unspecified atom stereocenters. The van der Waals surface area contributed by atoms with Gasteiger partial charge in [0.05, 0.1) is 53.9 Å². The Morgan fingerprint density at radius 2 is 0.211 bits per heavy atom. The molecule has 0 spiro atoms. The summed E-state index contributed by atoms with van der Waals surface area (Å²) >= 11 is 0. The molecule has 0 atom stereocenters. The van der Waals surface area contributed by atoms with Crippen molar-refractivity contribution in [2.75, 3.05) is 0 Å². The summed E-state index contributed by atoms with van der Waals surface area (Å²) in [5, 5.41) is -16.5. The Hall–Kier alpha value is -4.96. The standard InChI is InChI=1S/3C12HF10O2P.Er/c3*13-1-3(15)7(19)11(8(20)4(1)16)25(23,24)12-9(21)5(17)2(14)6(18)10(12)22;/h3*(H,23,24);/q;;;+3/p-3. The van der Waals surface area contributed by atoms with Crippen LogP contribution in [0, 0.1) is 212 Å². The van der Waals surface area contributed by atoms with Gasteiger partial charge in [-0.3, -0.25) is 0 Å². The smallest absolute Gasteiger partial charge is 0.792 e. The SMILES string of the molecule is O=P([O-])(c1c(F)c(F)c(F)c(F)c1F)c1c(F)c(F)c(F)c(F)c1F.O=P([O-])(c1c(F)c(F)c(F)c(F)c1F)c1c(F)c(F)c(F)c(F)c1F.O=P([O-])(c1c(F)c(F)c(F)c(F)c1F)c1c(F)c(F)c(F)c(F)c1F.[Er+3]. The Morgan fingerprint density at radius 3 is 0.276 bits per heavy atom. The van der Waals surface area contributed by atoms with Crippen molar-refractivity contribution in [3.63, 3.8) is 0 Å². The zero-order valence-corrected chi connectivity index (χ0v) is 38.0. The number of rotatable bonds is 6. The van der Waals surface area contributed by atoms with Gasteiger partial charge in [0.2, 0.25) is 34.9 Å². The molecule has 0 N–H and O–H groups in total. The Bertz CT molecular complexity index is 2860. The van der Waals surface area contributed by atoms with Crippen LogP contribution in [0.2, 0.25) is 0 Å². The minimum Gasteiger partial charge on any atom is -0.792 e. The first-order chi connectivity index (χ1) is 34.1. The van der Waals surface area contributed by atoms with E-state index in [0.717, 1.165) is 0 Å².